The monoisotopic (exact) mass is 492 g/mol. The van der Waals surface area contributed by atoms with E-state index in [2.05, 4.69) is 56.9 Å². The average molecular weight is 493 g/mol. The van der Waals surface area contributed by atoms with Crippen LogP contribution in [0.25, 0.3) is 17.1 Å². The summed E-state index contributed by atoms with van der Waals surface area (Å²) in [6.07, 6.45) is 1.49. The van der Waals surface area contributed by atoms with E-state index >= 15 is 0 Å². The van der Waals surface area contributed by atoms with Gasteiger partial charge in [-0.25, -0.2) is 4.68 Å². The molecule has 1 amide bonds. The van der Waals surface area contributed by atoms with E-state index in [0.717, 1.165) is 23.4 Å². The summed E-state index contributed by atoms with van der Waals surface area (Å²) in [4.78, 5) is 17.2. The molecule has 2 aromatic carbocycles. The van der Waals surface area contributed by atoms with Crippen LogP contribution in [-0.2, 0) is 4.79 Å². The van der Waals surface area contributed by atoms with Crippen LogP contribution in [0.15, 0.2) is 42.5 Å². The molecule has 3 aromatic rings. The molecular formula is C28H36N4O4. The first-order chi connectivity index (χ1) is 17.1. The van der Waals surface area contributed by atoms with Crippen LogP contribution in [0.3, 0.4) is 0 Å². The van der Waals surface area contributed by atoms with E-state index in [1.807, 2.05) is 42.5 Å². The van der Waals surface area contributed by atoms with Gasteiger partial charge in [0.1, 0.15) is 0 Å². The molecule has 0 aliphatic carbocycles. The van der Waals surface area contributed by atoms with Crippen molar-refractivity contribution in [3.8, 4) is 34.6 Å². The van der Waals surface area contributed by atoms with E-state index in [1.165, 1.54) is 0 Å². The minimum absolute atomic E-state index is 0.0191. The number of rotatable bonds is 9. The second kappa shape index (κ2) is 10.6. The zero-order valence-corrected chi connectivity index (χ0v) is 22.0. The lowest BCUT2D eigenvalue weighted by atomic mass is 9.84. The summed E-state index contributed by atoms with van der Waals surface area (Å²) in [7, 11) is 0. The second-order valence-corrected chi connectivity index (χ2v) is 11.1. The highest BCUT2D eigenvalue weighted by Crippen LogP contribution is 2.36. The lowest BCUT2D eigenvalue weighted by molar-refractivity contribution is -0.117. The van der Waals surface area contributed by atoms with E-state index in [-0.39, 0.29) is 18.1 Å². The Morgan fingerprint density at radius 1 is 1.08 bits per heavy atom. The Bertz CT molecular complexity index is 1200. The average Bonchev–Trinajstić information content (AvgIpc) is 3.43. The van der Waals surface area contributed by atoms with Crippen molar-refractivity contribution >= 4 is 11.6 Å². The summed E-state index contributed by atoms with van der Waals surface area (Å²) in [6.45, 7) is 13.6. The number of amides is 1. The molecule has 4 rings (SSSR count). The molecule has 0 unspecified atom stereocenters. The Balaban J connectivity index is 1.54. The quantitative estimate of drug-likeness (QED) is 0.388. The maximum absolute atomic E-state index is 12.5. The van der Waals surface area contributed by atoms with Gasteiger partial charge in [-0.05, 0) is 66.1 Å². The van der Waals surface area contributed by atoms with Crippen LogP contribution < -0.4 is 19.5 Å². The molecule has 1 aliphatic heterocycles. The summed E-state index contributed by atoms with van der Waals surface area (Å²) in [5.74, 6) is 2.68. The number of carbonyl (C=O) groups is 1. The van der Waals surface area contributed by atoms with Crippen LogP contribution in [-0.4, -0.2) is 34.1 Å². The molecule has 0 bridgehead atoms. The fourth-order valence-electron chi connectivity index (χ4n) is 4.33. The Morgan fingerprint density at radius 3 is 2.50 bits per heavy atom. The maximum atomic E-state index is 12.5. The Kier molecular flexibility index (Phi) is 7.52. The largest absolute Gasteiger partial charge is 0.462 e. The van der Waals surface area contributed by atoms with Crippen LogP contribution in [0.5, 0.6) is 17.5 Å². The third-order valence-electron chi connectivity index (χ3n) is 5.65. The van der Waals surface area contributed by atoms with Gasteiger partial charge in [0.15, 0.2) is 17.3 Å². The lowest BCUT2D eigenvalue weighted by Gasteiger charge is -2.22. The van der Waals surface area contributed by atoms with Crippen molar-refractivity contribution < 1.29 is 19.0 Å². The fourth-order valence-corrected chi connectivity index (χ4v) is 4.33. The van der Waals surface area contributed by atoms with Gasteiger partial charge in [0.05, 0.1) is 12.3 Å². The number of nitrogens with one attached hydrogen (secondary N) is 1. The molecule has 0 spiro atoms. The minimum Gasteiger partial charge on any atom is -0.462 e. The third kappa shape index (κ3) is 6.56. The van der Waals surface area contributed by atoms with Crippen molar-refractivity contribution in [2.45, 2.75) is 54.4 Å². The van der Waals surface area contributed by atoms with Crippen molar-refractivity contribution in [2.24, 2.45) is 17.3 Å². The minimum atomic E-state index is 0.0191. The standard InChI is InChI=1S/C28H36N4O4/c1-18(2)16-34-27-30-26(20-7-12-23-24(14-20)36-17-35-23)32(31-27)22-10-8-21(9-11-22)29-25(33)13-19(3)15-28(4,5)6/h7-12,14,18-19H,13,15-17H2,1-6H3,(H,29,33)/t19-/m0/s1. The number of ether oxygens (including phenoxy) is 3. The van der Waals surface area contributed by atoms with Gasteiger partial charge in [0.2, 0.25) is 12.7 Å². The number of hydrogen-bond donors (Lipinski definition) is 1. The molecule has 192 valence electrons. The molecule has 2 heterocycles. The molecule has 8 heteroatoms. The number of hydrogen-bond acceptors (Lipinski definition) is 6. The molecule has 8 nitrogen and oxygen atoms in total. The second-order valence-electron chi connectivity index (χ2n) is 11.1. The summed E-state index contributed by atoms with van der Waals surface area (Å²) in [5.41, 5.74) is 2.57. The van der Waals surface area contributed by atoms with Gasteiger partial charge >= 0.3 is 6.01 Å². The lowest BCUT2D eigenvalue weighted by Crippen LogP contribution is -2.18. The summed E-state index contributed by atoms with van der Waals surface area (Å²) >= 11 is 0. The number of aromatic nitrogens is 3. The first-order valence-corrected chi connectivity index (χ1v) is 12.5. The van der Waals surface area contributed by atoms with Gasteiger partial charge in [-0.15, -0.1) is 5.10 Å². The summed E-state index contributed by atoms with van der Waals surface area (Å²) in [6, 6.07) is 13.6. The van der Waals surface area contributed by atoms with E-state index in [0.29, 0.717) is 48.2 Å². The molecule has 1 atom stereocenters. The predicted octanol–water partition coefficient (Wildman–Crippen LogP) is 6.10. The van der Waals surface area contributed by atoms with Crippen molar-refractivity contribution in [2.75, 3.05) is 18.7 Å². The first kappa shape index (κ1) is 25.5. The van der Waals surface area contributed by atoms with Crippen LogP contribution in [0.1, 0.15) is 54.4 Å². The maximum Gasteiger partial charge on any atom is 0.336 e. The van der Waals surface area contributed by atoms with Crippen molar-refractivity contribution in [3.63, 3.8) is 0 Å². The number of nitrogens with zero attached hydrogens (tertiary/aromatic N) is 3. The Hall–Kier alpha value is -3.55. The topological polar surface area (TPSA) is 87.5 Å². The highest BCUT2D eigenvalue weighted by molar-refractivity contribution is 5.90. The summed E-state index contributed by atoms with van der Waals surface area (Å²) in [5, 5.41) is 7.62. The highest BCUT2D eigenvalue weighted by atomic mass is 16.7. The Labute approximate surface area is 213 Å². The van der Waals surface area contributed by atoms with Crippen LogP contribution in [0.4, 0.5) is 5.69 Å². The number of carbonyl (C=O) groups excluding carboxylic acids is 1. The zero-order chi connectivity index (χ0) is 25.9. The van der Waals surface area contributed by atoms with E-state index in [9.17, 15) is 4.79 Å². The van der Waals surface area contributed by atoms with E-state index < -0.39 is 0 Å². The zero-order valence-electron chi connectivity index (χ0n) is 22.0. The first-order valence-electron chi connectivity index (χ1n) is 12.5. The molecule has 36 heavy (non-hydrogen) atoms. The molecule has 1 N–H and O–H groups in total. The predicted molar refractivity (Wildman–Crippen MR) is 140 cm³/mol. The smallest absolute Gasteiger partial charge is 0.336 e. The fraction of sp³-hybridized carbons (Fsp3) is 0.464. The normalized spacial score (nSPS) is 13.6. The molecule has 1 aromatic heterocycles. The van der Waals surface area contributed by atoms with Gasteiger partial charge < -0.3 is 19.5 Å². The van der Waals surface area contributed by atoms with Crippen LogP contribution in [0, 0.1) is 17.3 Å². The van der Waals surface area contributed by atoms with Crippen LogP contribution in [0.2, 0.25) is 0 Å². The van der Waals surface area contributed by atoms with Gasteiger partial charge in [-0.1, -0.05) is 41.5 Å². The van der Waals surface area contributed by atoms with Crippen LogP contribution >= 0.6 is 0 Å². The number of anilines is 1. The van der Waals surface area contributed by atoms with Crippen molar-refractivity contribution in [1.82, 2.24) is 14.8 Å². The number of benzene rings is 2. The molecule has 0 saturated carbocycles. The van der Waals surface area contributed by atoms with Gasteiger partial charge in [-0.3, -0.25) is 4.79 Å². The number of fused-ring (bicyclic) bond motifs is 1. The molecule has 0 fully saturated rings. The van der Waals surface area contributed by atoms with Crippen molar-refractivity contribution in [3.05, 3.63) is 42.5 Å². The summed E-state index contributed by atoms with van der Waals surface area (Å²) < 4.78 is 18.5. The van der Waals surface area contributed by atoms with Crippen molar-refractivity contribution in [1.29, 1.82) is 0 Å². The molecule has 0 radical (unpaired) electrons. The molecule has 0 saturated heterocycles. The Morgan fingerprint density at radius 2 is 1.81 bits per heavy atom. The molecule has 1 aliphatic rings. The van der Waals surface area contributed by atoms with Gasteiger partial charge in [0, 0.05) is 17.7 Å². The van der Waals surface area contributed by atoms with E-state index in [1.54, 1.807) is 4.68 Å². The van der Waals surface area contributed by atoms with Gasteiger partial charge in [0.25, 0.3) is 0 Å². The third-order valence-corrected chi connectivity index (χ3v) is 5.65. The van der Waals surface area contributed by atoms with Gasteiger partial charge in [-0.2, -0.15) is 4.98 Å². The molecular weight excluding hydrogens is 456 g/mol. The highest BCUT2D eigenvalue weighted by Gasteiger charge is 2.20. The van der Waals surface area contributed by atoms with E-state index in [4.69, 9.17) is 14.2 Å². The SMILES string of the molecule is CC(C)COc1nc(-c2ccc3c(c2)OCO3)n(-c2ccc(NC(=O)C[C@H](C)CC(C)(C)C)cc2)n1.